The third-order valence-corrected chi connectivity index (χ3v) is 2.76. The Morgan fingerprint density at radius 3 is 2.62 bits per heavy atom. The lowest BCUT2D eigenvalue weighted by Gasteiger charge is -2.17. The second-order valence-electron chi connectivity index (χ2n) is 2.36. The molecule has 0 unspecified atom stereocenters. The van der Waals surface area contributed by atoms with Crippen molar-refractivity contribution in [1.29, 1.82) is 0 Å². The van der Waals surface area contributed by atoms with Crippen molar-refractivity contribution in [3.05, 3.63) is 0 Å². The number of ether oxygens (including phenoxy) is 1. The number of hydrogen-bond acceptors (Lipinski definition) is 4. The molecule has 0 aliphatic rings. The lowest BCUT2D eigenvalue weighted by molar-refractivity contribution is -0.143. The Bertz CT molecular complexity index is 185. The summed E-state index contributed by atoms with van der Waals surface area (Å²) in [5, 5.41) is 0. The van der Waals surface area contributed by atoms with Crippen LogP contribution in [0.5, 0.6) is 0 Å². The van der Waals surface area contributed by atoms with E-state index in [1.165, 1.54) is 0 Å². The van der Waals surface area contributed by atoms with Crippen molar-refractivity contribution in [3.8, 4) is 0 Å². The van der Waals surface area contributed by atoms with Crippen molar-refractivity contribution < 1.29 is 9.53 Å². The molecule has 76 valence electrons. The summed E-state index contributed by atoms with van der Waals surface area (Å²) in [6.07, 6.45) is 0. The van der Waals surface area contributed by atoms with Crippen LogP contribution in [0.2, 0.25) is 0 Å². The average Bonchev–Trinajstić information content (AvgIpc) is 2.05. The Hall–Kier alpha value is -0.290. The van der Waals surface area contributed by atoms with Gasteiger partial charge in [-0.05, 0) is 12.7 Å². The normalized spacial score (nSPS) is 9.46. The molecule has 0 saturated carbocycles. The maximum atomic E-state index is 11.0. The van der Waals surface area contributed by atoms with Crippen molar-refractivity contribution in [2.24, 2.45) is 0 Å². The quantitative estimate of drug-likeness (QED) is 0.530. The van der Waals surface area contributed by atoms with E-state index in [2.05, 4.69) is 0 Å². The van der Waals surface area contributed by atoms with Gasteiger partial charge in [0.15, 0.2) is 0 Å². The van der Waals surface area contributed by atoms with Crippen LogP contribution >= 0.6 is 24.0 Å². The largest absolute Gasteiger partial charge is 0.465 e. The first-order chi connectivity index (χ1) is 6.11. The van der Waals surface area contributed by atoms with Gasteiger partial charge in [0.05, 0.1) is 6.61 Å². The highest BCUT2D eigenvalue weighted by atomic mass is 32.2. The van der Waals surface area contributed by atoms with Gasteiger partial charge in [0.1, 0.15) is 10.9 Å². The molecule has 0 heterocycles. The minimum atomic E-state index is -0.232. The molecule has 0 spiro atoms. The molecule has 0 bridgehead atoms. The highest BCUT2D eigenvalue weighted by Gasteiger charge is 2.09. The fourth-order valence-corrected chi connectivity index (χ4v) is 1.65. The maximum absolute atomic E-state index is 11.0. The zero-order valence-electron chi connectivity index (χ0n) is 8.20. The van der Waals surface area contributed by atoms with Crippen LogP contribution < -0.4 is 0 Å². The predicted molar refractivity (Wildman–Crippen MR) is 60.0 cm³/mol. The van der Waals surface area contributed by atoms with Crippen molar-refractivity contribution in [2.45, 2.75) is 13.8 Å². The van der Waals surface area contributed by atoms with Crippen LogP contribution in [0.3, 0.4) is 0 Å². The molecule has 0 amide bonds. The van der Waals surface area contributed by atoms with Crippen LogP contribution in [0, 0.1) is 0 Å². The second kappa shape index (κ2) is 7.15. The van der Waals surface area contributed by atoms with Crippen LogP contribution in [-0.4, -0.2) is 41.1 Å². The van der Waals surface area contributed by atoms with Crippen LogP contribution in [0.1, 0.15) is 13.8 Å². The van der Waals surface area contributed by atoms with E-state index in [9.17, 15) is 4.79 Å². The first-order valence-electron chi connectivity index (χ1n) is 4.15. The van der Waals surface area contributed by atoms with E-state index in [0.29, 0.717) is 6.61 Å². The van der Waals surface area contributed by atoms with Gasteiger partial charge >= 0.3 is 5.97 Å². The molecule has 0 radical (unpaired) electrons. The standard InChI is InChI=1S/C8H15NO2S2/c1-4-11-7(10)6-9(3)8(12)13-5-2/h4-6H2,1-3H3. The van der Waals surface area contributed by atoms with E-state index < -0.39 is 0 Å². The van der Waals surface area contributed by atoms with Gasteiger partial charge in [-0.15, -0.1) is 0 Å². The zero-order chi connectivity index (χ0) is 10.3. The molecule has 0 rings (SSSR count). The molecule has 0 fully saturated rings. The summed E-state index contributed by atoms with van der Waals surface area (Å²) in [7, 11) is 1.79. The molecule has 0 aliphatic heterocycles. The molecule has 13 heavy (non-hydrogen) atoms. The number of nitrogens with zero attached hydrogens (tertiary/aromatic N) is 1. The first kappa shape index (κ1) is 12.7. The highest BCUT2D eigenvalue weighted by Crippen LogP contribution is 2.06. The van der Waals surface area contributed by atoms with Gasteiger partial charge in [0, 0.05) is 7.05 Å². The van der Waals surface area contributed by atoms with Gasteiger partial charge in [-0.25, -0.2) is 0 Å². The average molecular weight is 221 g/mol. The number of thiocarbonyl (C=S) groups is 1. The Kier molecular flexibility index (Phi) is 6.99. The van der Waals surface area contributed by atoms with Gasteiger partial charge in [-0.1, -0.05) is 30.9 Å². The molecule has 0 atom stereocenters. The summed E-state index contributed by atoms with van der Waals surface area (Å²) >= 11 is 6.61. The minimum Gasteiger partial charge on any atom is -0.465 e. The summed E-state index contributed by atoms with van der Waals surface area (Å²) in [4.78, 5) is 12.8. The monoisotopic (exact) mass is 221 g/mol. The summed E-state index contributed by atoms with van der Waals surface area (Å²) in [5.41, 5.74) is 0. The van der Waals surface area contributed by atoms with Gasteiger partial charge in [-0.3, -0.25) is 4.79 Å². The highest BCUT2D eigenvalue weighted by molar-refractivity contribution is 8.22. The van der Waals surface area contributed by atoms with Gasteiger partial charge in [0.2, 0.25) is 0 Å². The molecule has 0 N–H and O–H groups in total. The Morgan fingerprint density at radius 2 is 2.15 bits per heavy atom. The number of carbonyl (C=O) groups is 1. The van der Waals surface area contributed by atoms with Crippen LogP contribution in [0.25, 0.3) is 0 Å². The third kappa shape index (κ3) is 5.87. The van der Waals surface area contributed by atoms with E-state index in [1.807, 2.05) is 6.92 Å². The summed E-state index contributed by atoms with van der Waals surface area (Å²) in [6.45, 7) is 4.46. The van der Waals surface area contributed by atoms with Crippen LogP contribution in [-0.2, 0) is 9.53 Å². The van der Waals surface area contributed by atoms with Crippen molar-refractivity contribution in [3.63, 3.8) is 0 Å². The zero-order valence-corrected chi connectivity index (χ0v) is 9.83. The number of esters is 1. The number of hydrogen-bond donors (Lipinski definition) is 0. The van der Waals surface area contributed by atoms with Gasteiger partial charge in [-0.2, -0.15) is 0 Å². The van der Waals surface area contributed by atoms with Gasteiger partial charge < -0.3 is 9.64 Å². The summed E-state index contributed by atoms with van der Waals surface area (Å²) in [6, 6.07) is 0. The molecule has 0 saturated heterocycles. The van der Waals surface area contributed by atoms with Crippen LogP contribution in [0.15, 0.2) is 0 Å². The van der Waals surface area contributed by atoms with E-state index in [1.54, 1.807) is 30.6 Å². The van der Waals surface area contributed by atoms with Crippen molar-refractivity contribution in [1.82, 2.24) is 4.90 Å². The Morgan fingerprint density at radius 1 is 1.54 bits per heavy atom. The number of carbonyl (C=O) groups excluding carboxylic acids is 1. The van der Waals surface area contributed by atoms with E-state index in [-0.39, 0.29) is 12.5 Å². The maximum Gasteiger partial charge on any atom is 0.325 e. The smallest absolute Gasteiger partial charge is 0.325 e. The van der Waals surface area contributed by atoms with E-state index in [0.717, 1.165) is 10.1 Å². The van der Waals surface area contributed by atoms with Crippen LogP contribution in [0.4, 0.5) is 0 Å². The van der Waals surface area contributed by atoms with E-state index >= 15 is 0 Å². The second-order valence-corrected chi connectivity index (χ2v) is 4.26. The lowest BCUT2D eigenvalue weighted by atomic mass is 10.6. The lowest BCUT2D eigenvalue weighted by Crippen LogP contribution is -2.30. The molecule has 0 aromatic rings. The SMILES string of the molecule is CCOC(=O)CN(C)C(=S)SCC. The Labute approximate surface area is 88.8 Å². The predicted octanol–water partition coefficient (Wildman–Crippen LogP) is 1.52. The van der Waals surface area contributed by atoms with Gasteiger partial charge in [0.25, 0.3) is 0 Å². The molecular formula is C8H15NO2S2. The fraction of sp³-hybridized carbons (Fsp3) is 0.750. The Balaban J connectivity index is 3.78. The molecular weight excluding hydrogens is 206 g/mol. The topological polar surface area (TPSA) is 29.5 Å². The summed E-state index contributed by atoms with van der Waals surface area (Å²) in [5.74, 6) is 0.690. The third-order valence-electron chi connectivity index (χ3n) is 1.25. The minimum absolute atomic E-state index is 0.232. The molecule has 0 aromatic heterocycles. The molecule has 0 aliphatic carbocycles. The molecule has 5 heteroatoms. The summed E-state index contributed by atoms with van der Waals surface area (Å²) < 4.78 is 5.52. The number of thioether (sulfide) groups is 1. The molecule has 3 nitrogen and oxygen atoms in total. The van der Waals surface area contributed by atoms with Crippen molar-refractivity contribution >= 4 is 34.3 Å². The number of rotatable bonds is 4. The number of likely N-dealkylation sites (N-methyl/N-ethyl adjacent to an activating group) is 1. The van der Waals surface area contributed by atoms with E-state index in [4.69, 9.17) is 17.0 Å². The first-order valence-corrected chi connectivity index (χ1v) is 5.54. The van der Waals surface area contributed by atoms with Crippen molar-refractivity contribution in [2.75, 3.05) is 26.0 Å². The fourth-order valence-electron chi connectivity index (χ4n) is 0.698. The molecule has 0 aromatic carbocycles.